The summed E-state index contributed by atoms with van der Waals surface area (Å²) < 4.78 is 9.47. The molecule has 0 aliphatic heterocycles. The number of rotatable bonds is 3. The molecule has 0 saturated heterocycles. The zero-order chi connectivity index (χ0) is 10.7. The lowest BCUT2D eigenvalue weighted by atomic mass is 10.2. The van der Waals surface area contributed by atoms with Crippen LogP contribution in [0.15, 0.2) is 23.0 Å². The van der Waals surface area contributed by atoms with Gasteiger partial charge in [-0.15, -0.1) is 0 Å². The molecule has 6 heteroatoms. The van der Waals surface area contributed by atoms with Gasteiger partial charge in [-0.1, -0.05) is 5.16 Å². The second kappa shape index (κ2) is 3.95. The van der Waals surface area contributed by atoms with Crippen LogP contribution in [0.4, 0.5) is 0 Å². The smallest absolute Gasteiger partial charge is 0.358 e. The molecule has 0 bridgehead atoms. The number of hydrogen-bond acceptors (Lipinski definition) is 5. The highest BCUT2D eigenvalue weighted by molar-refractivity contribution is 5.88. The molecule has 6 nitrogen and oxygen atoms in total. The van der Waals surface area contributed by atoms with Gasteiger partial charge in [-0.3, -0.25) is 5.10 Å². The number of ether oxygens (including phenoxy) is 1. The van der Waals surface area contributed by atoms with Gasteiger partial charge in [-0.05, 0) is 13.0 Å². The summed E-state index contributed by atoms with van der Waals surface area (Å²) in [5, 5.41) is 10.1. The van der Waals surface area contributed by atoms with Gasteiger partial charge < -0.3 is 9.26 Å². The number of esters is 1. The summed E-state index contributed by atoms with van der Waals surface area (Å²) in [5.41, 5.74) is 1.64. The van der Waals surface area contributed by atoms with Crippen LogP contribution in [-0.4, -0.2) is 27.9 Å². The molecule has 1 N–H and O–H groups in total. The minimum Gasteiger partial charge on any atom is -0.461 e. The number of aromatic amines is 1. The molecule has 0 saturated carbocycles. The van der Waals surface area contributed by atoms with Crippen molar-refractivity contribution in [2.45, 2.75) is 6.92 Å². The lowest BCUT2D eigenvalue weighted by Gasteiger charge is -1.94. The van der Waals surface area contributed by atoms with Crippen molar-refractivity contribution in [1.29, 1.82) is 0 Å². The van der Waals surface area contributed by atoms with Crippen molar-refractivity contribution >= 4 is 5.97 Å². The summed E-state index contributed by atoms with van der Waals surface area (Å²) in [6, 6.07) is 1.59. The zero-order valence-electron chi connectivity index (χ0n) is 8.06. The van der Waals surface area contributed by atoms with Gasteiger partial charge in [0.25, 0.3) is 0 Å². The summed E-state index contributed by atoms with van der Waals surface area (Å²) in [6.45, 7) is 2.07. The quantitative estimate of drug-likeness (QED) is 0.766. The third-order valence-electron chi connectivity index (χ3n) is 1.81. The lowest BCUT2D eigenvalue weighted by Crippen LogP contribution is -2.04. The fraction of sp³-hybridized carbons (Fsp3) is 0.222. The summed E-state index contributed by atoms with van der Waals surface area (Å²) in [5.74, 6) is -0.448. The average molecular weight is 207 g/mol. The monoisotopic (exact) mass is 207 g/mol. The molecule has 0 atom stereocenters. The van der Waals surface area contributed by atoms with E-state index in [2.05, 4.69) is 19.9 Å². The second-order valence-electron chi connectivity index (χ2n) is 2.80. The minimum absolute atomic E-state index is 0.244. The van der Waals surface area contributed by atoms with Crippen LogP contribution in [0.25, 0.3) is 11.3 Å². The number of carbonyl (C=O) groups is 1. The van der Waals surface area contributed by atoms with Gasteiger partial charge in [0.1, 0.15) is 6.26 Å². The van der Waals surface area contributed by atoms with Crippen LogP contribution in [0.1, 0.15) is 17.4 Å². The van der Waals surface area contributed by atoms with Crippen LogP contribution in [-0.2, 0) is 4.74 Å². The maximum atomic E-state index is 11.3. The van der Waals surface area contributed by atoms with Gasteiger partial charge in [-0.2, -0.15) is 5.10 Å². The lowest BCUT2D eigenvalue weighted by molar-refractivity contribution is 0.0519. The molecule has 0 aliphatic rings. The summed E-state index contributed by atoms with van der Waals surface area (Å²) in [7, 11) is 0. The molecule has 0 amide bonds. The molecule has 78 valence electrons. The Kier molecular flexibility index (Phi) is 2.49. The number of hydrogen-bond donors (Lipinski definition) is 1. The topological polar surface area (TPSA) is 81.0 Å². The molecule has 0 aromatic carbocycles. The third-order valence-corrected chi connectivity index (χ3v) is 1.81. The van der Waals surface area contributed by atoms with Gasteiger partial charge in [0, 0.05) is 0 Å². The molecule has 2 aromatic rings. The maximum Gasteiger partial charge on any atom is 0.358 e. The first-order valence-corrected chi connectivity index (χ1v) is 4.43. The molecule has 0 fully saturated rings. The van der Waals surface area contributed by atoms with Crippen LogP contribution >= 0.6 is 0 Å². The number of H-pyrrole nitrogens is 1. The highest BCUT2D eigenvalue weighted by Gasteiger charge is 2.12. The van der Waals surface area contributed by atoms with Crippen molar-refractivity contribution in [3.63, 3.8) is 0 Å². The molecule has 0 spiro atoms. The summed E-state index contributed by atoms with van der Waals surface area (Å²) >= 11 is 0. The fourth-order valence-electron chi connectivity index (χ4n) is 1.12. The van der Waals surface area contributed by atoms with Gasteiger partial charge in [0.2, 0.25) is 0 Å². The van der Waals surface area contributed by atoms with Crippen molar-refractivity contribution in [2.24, 2.45) is 0 Å². The van der Waals surface area contributed by atoms with E-state index in [9.17, 15) is 4.79 Å². The second-order valence-corrected chi connectivity index (χ2v) is 2.80. The van der Waals surface area contributed by atoms with E-state index in [-0.39, 0.29) is 5.69 Å². The first-order valence-electron chi connectivity index (χ1n) is 4.43. The molecule has 0 radical (unpaired) electrons. The summed E-state index contributed by atoms with van der Waals surface area (Å²) in [6.07, 6.45) is 2.99. The molecular formula is C9H9N3O3. The van der Waals surface area contributed by atoms with Crippen LogP contribution in [0.2, 0.25) is 0 Å². The molecule has 2 rings (SSSR count). The first-order chi connectivity index (χ1) is 7.31. The van der Waals surface area contributed by atoms with Gasteiger partial charge in [-0.25, -0.2) is 4.79 Å². The van der Waals surface area contributed by atoms with Crippen molar-refractivity contribution in [2.75, 3.05) is 6.61 Å². The summed E-state index contributed by atoms with van der Waals surface area (Å²) in [4.78, 5) is 11.3. The Morgan fingerprint density at radius 1 is 1.67 bits per heavy atom. The average Bonchev–Trinajstić information content (AvgIpc) is 2.89. The minimum atomic E-state index is -0.448. The van der Waals surface area contributed by atoms with E-state index in [1.54, 1.807) is 13.0 Å². The Balaban J connectivity index is 2.21. The Morgan fingerprint density at radius 2 is 2.53 bits per heavy atom. The molecule has 2 heterocycles. The van der Waals surface area contributed by atoms with Crippen LogP contribution in [0, 0.1) is 0 Å². The largest absolute Gasteiger partial charge is 0.461 e. The van der Waals surface area contributed by atoms with Crippen molar-refractivity contribution in [3.8, 4) is 11.3 Å². The molecular weight excluding hydrogens is 198 g/mol. The Labute approximate surface area is 85.2 Å². The normalized spacial score (nSPS) is 10.2. The van der Waals surface area contributed by atoms with E-state index in [1.165, 1.54) is 12.5 Å². The Hall–Kier alpha value is -2.11. The number of nitrogens with zero attached hydrogens (tertiary/aromatic N) is 2. The molecule has 0 aliphatic carbocycles. The Morgan fingerprint density at radius 3 is 3.20 bits per heavy atom. The van der Waals surface area contributed by atoms with Crippen molar-refractivity contribution in [1.82, 2.24) is 15.4 Å². The van der Waals surface area contributed by atoms with E-state index < -0.39 is 5.97 Å². The highest BCUT2D eigenvalue weighted by atomic mass is 16.5. The van der Waals surface area contributed by atoms with E-state index in [1.807, 2.05) is 0 Å². The van der Waals surface area contributed by atoms with E-state index in [0.717, 1.165) is 5.56 Å². The Bertz CT molecular complexity index is 447. The van der Waals surface area contributed by atoms with Gasteiger partial charge >= 0.3 is 5.97 Å². The number of nitrogens with one attached hydrogen (secondary N) is 1. The zero-order valence-corrected chi connectivity index (χ0v) is 8.06. The molecule has 15 heavy (non-hydrogen) atoms. The third kappa shape index (κ3) is 1.88. The van der Waals surface area contributed by atoms with Crippen molar-refractivity contribution in [3.05, 3.63) is 24.2 Å². The molecule has 2 aromatic heterocycles. The van der Waals surface area contributed by atoms with Gasteiger partial charge in [0.15, 0.2) is 5.69 Å². The number of carbonyl (C=O) groups excluding carboxylic acids is 1. The standard InChI is InChI=1S/C9H9N3O3/c1-2-14-9(13)8-3-7(11-12-8)6-4-10-15-5-6/h3-5H,2H2,1H3,(H,11,12). The van der Waals surface area contributed by atoms with Crippen molar-refractivity contribution < 1.29 is 14.1 Å². The van der Waals surface area contributed by atoms with Gasteiger partial charge in [0.05, 0.1) is 24.1 Å². The fourth-order valence-corrected chi connectivity index (χ4v) is 1.12. The number of aromatic nitrogens is 3. The van der Waals surface area contributed by atoms with E-state index in [0.29, 0.717) is 12.3 Å². The van der Waals surface area contributed by atoms with E-state index in [4.69, 9.17) is 4.74 Å². The molecule has 0 unspecified atom stereocenters. The van der Waals surface area contributed by atoms with Crippen LogP contribution < -0.4 is 0 Å². The van der Waals surface area contributed by atoms with Crippen LogP contribution in [0.3, 0.4) is 0 Å². The first kappa shape index (κ1) is 9.45. The maximum absolute atomic E-state index is 11.3. The highest BCUT2D eigenvalue weighted by Crippen LogP contribution is 2.16. The van der Waals surface area contributed by atoms with Crippen LogP contribution in [0.5, 0.6) is 0 Å². The SMILES string of the molecule is CCOC(=O)c1cc(-c2cnoc2)[nH]n1. The predicted octanol–water partition coefficient (Wildman–Crippen LogP) is 1.24. The predicted molar refractivity (Wildman–Crippen MR) is 50.0 cm³/mol. The van der Waals surface area contributed by atoms with E-state index >= 15 is 0 Å².